The lowest BCUT2D eigenvalue weighted by Crippen LogP contribution is -2.13. The highest BCUT2D eigenvalue weighted by molar-refractivity contribution is 5.65. The van der Waals surface area contributed by atoms with Crippen LogP contribution in [0.3, 0.4) is 0 Å². The van der Waals surface area contributed by atoms with Crippen LogP contribution < -0.4 is 5.56 Å². The van der Waals surface area contributed by atoms with Gasteiger partial charge in [0.25, 0.3) is 5.56 Å². The zero-order valence-electron chi connectivity index (χ0n) is 9.32. The standard InChI is InChI=1S/C12H14N2O2/c1-8-11(12(16)14(2)13-8)10-5-3-4-9(6-10)7-15/h3-6,13,15H,7H2,1-2H3. The maximum atomic E-state index is 11.9. The Balaban J connectivity index is 2.62. The van der Waals surface area contributed by atoms with Gasteiger partial charge < -0.3 is 5.11 Å². The van der Waals surface area contributed by atoms with E-state index in [1.807, 2.05) is 31.2 Å². The predicted octanol–water partition coefficient (Wildman–Crippen LogP) is 1.18. The number of aliphatic hydroxyl groups is 1. The van der Waals surface area contributed by atoms with Crippen LogP contribution in [0.15, 0.2) is 29.1 Å². The van der Waals surface area contributed by atoms with Gasteiger partial charge >= 0.3 is 0 Å². The highest BCUT2D eigenvalue weighted by Gasteiger charge is 2.11. The largest absolute Gasteiger partial charge is 0.392 e. The summed E-state index contributed by atoms with van der Waals surface area (Å²) in [5, 5.41) is 12.0. The molecular weight excluding hydrogens is 204 g/mol. The van der Waals surface area contributed by atoms with Crippen molar-refractivity contribution in [2.75, 3.05) is 0 Å². The molecule has 0 spiro atoms. The maximum absolute atomic E-state index is 11.9. The zero-order valence-corrected chi connectivity index (χ0v) is 9.32. The molecule has 0 aliphatic carbocycles. The van der Waals surface area contributed by atoms with E-state index in [4.69, 9.17) is 5.11 Å². The van der Waals surface area contributed by atoms with Crippen LogP contribution in [0.2, 0.25) is 0 Å². The van der Waals surface area contributed by atoms with Crippen molar-refractivity contribution in [3.63, 3.8) is 0 Å². The fourth-order valence-corrected chi connectivity index (χ4v) is 1.85. The number of H-pyrrole nitrogens is 1. The molecule has 0 atom stereocenters. The van der Waals surface area contributed by atoms with Gasteiger partial charge in [0, 0.05) is 12.7 Å². The summed E-state index contributed by atoms with van der Waals surface area (Å²) in [6.07, 6.45) is 0. The highest BCUT2D eigenvalue weighted by Crippen LogP contribution is 2.19. The minimum Gasteiger partial charge on any atom is -0.392 e. The van der Waals surface area contributed by atoms with Crippen LogP contribution in [0.25, 0.3) is 11.1 Å². The first kappa shape index (κ1) is 10.7. The summed E-state index contributed by atoms with van der Waals surface area (Å²) in [6, 6.07) is 7.37. The molecule has 0 aliphatic heterocycles. The SMILES string of the molecule is Cc1[nH]n(C)c(=O)c1-c1cccc(CO)c1. The monoisotopic (exact) mass is 218 g/mol. The summed E-state index contributed by atoms with van der Waals surface area (Å²) in [6.45, 7) is 1.85. The van der Waals surface area contributed by atoms with Gasteiger partial charge in [0.2, 0.25) is 0 Å². The topological polar surface area (TPSA) is 58.0 Å². The second-order valence-electron chi connectivity index (χ2n) is 3.83. The summed E-state index contributed by atoms with van der Waals surface area (Å²) >= 11 is 0. The molecular formula is C12H14N2O2. The summed E-state index contributed by atoms with van der Waals surface area (Å²) in [5.41, 5.74) is 3.10. The van der Waals surface area contributed by atoms with Gasteiger partial charge in [0.1, 0.15) is 0 Å². The van der Waals surface area contributed by atoms with E-state index in [1.165, 1.54) is 4.68 Å². The fourth-order valence-electron chi connectivity index (χ4n) is 1.85. The van der Waals surface area contributed by atoms with Crippen LogP contribution in [-0.2, 0) is 13.7 Å². The number of aliphatic hydroxyl groups excluding tert-OH is 1. The van der Waals surface area contributed by atoms with Crippen LogP contribution >= 0.6 is 0 Å². The third-order valence-electron chi connectivity index (χ3n) is 2.63. The molecule has 84 valence electrons. The van der Waals surface area contributed by atoms with E-state index < -0.39 is 0 Å². The van der Waals surface area contributed by atoms with Crippen molar-refractivity contribution in [2.45, 2.75) is 13.5 Å². The molecule has 0 radical (unpaired) electrons. The van der Waals surface area contributed by atoms with Gasteiger partial charge in [-0.1, -0.05) is 18.2 Å². The second-order valence-corrected chi connectivity index (χ2v) is 3.83. The lowest BCUT2D eigenvalue weighted by atomic mass is 10.0. The third kappa shape index (κ3) is 1.67. The first-order valence-corrected chi connectivity index (χ1v) is 5.09. The summed E-state index contributed by atoms with van der Waals surface area (Å²) in [7, 11) is 1.69. The summed E-state index contributed by atoms with van der Waals surface area (Å²) < 4.78 is 1.45. The summed E-state index contributed by atoms with van der Waals surface area (Å²) in [5.74, 6) is 0. The molecule has 0 saturated carbocycles. The number of nitrogens with zero attached hydrogens (tertiary/aromatic N) is 1. The van der Waals surface area contributed by atoms with Gasteiger partial charge in [0.05, 0.1) is 12.2 Å². The zero-order chi connectivity index (χ0) is 11.7. The molecule has 0 unspecified atom stereocenters. The Bertz CT molecular complexity index is 567. The smallest absolute Gasteiger partial charge is 0.274 e. The van der Waals surface area contributed by atoms with Crippen LogP contribution in [-0.4, -0.2) is 14.9 Å². The van der Waals surface area contributed by atoms with E-state index in [9.17, 15) is 4.79 Å². The molecule has 2 N–H and O–H groups in total. The van der Waals surface area contributed by atoms with Gasteiger partial charge in [-0.3, -0.25) is 14.6 Å². The van der Waals surface area contributed by atoms with Crippen molar-refractivity contribution < 1.29 is 5.11 Å². The minimum atomic E-state index is -0.0485. The van der Waals surface area contributed by atoms with Crippen molar-refractivity contribution >= 4 is 0 Å². The molecule has 0 bridgehead atoms. The van der Waals surface area contributed by atoms with Gasteiger partial charge in [0.15, 0.2) is 0 Å². The van der Waals surface area contributed by atoms with Crippen molar-refractivity contribution in [3.8, 4) is 11.1 Å². The van der Waals surface area contributed by atoms with Crippen LogP contribution in [0, 0.1) is 6.92 Å². The fraction of sp³-hybridized carbons (Fsp3) is 0.250. The molecule has 0 fully saturated rings. The molecule has 1 aromatic heterocycles. The van der Waals surface area contributed by atoms with Gasteiger partial charge in [-0.05, 0) is 24.1 Å². The lowest BCUT2D eigenvalue weighted by Gasteiger charge is -2.01. The Morgan fingerprint density at radius 3 is 2.75 bits per heavy atom. The van der Waals surface area contributed by atoms with E-state index in [2.05, 4.69) is 5.10 Å². The molecule has 4 nitrogen and oxygen atoms in total. The van der Waals surface area contributed by atoms with Crippen molar-refractivity contribution in [2.24, 2.45) is 7.05 Å². The molecule has 0 amide bonds. The third-order valence-corrected chi connectivity index (χ3v) is 2.63. The number of rotatable bonds is 2. The number of benzene rings is 1. The predicted molar refractivity (Wildman–Crippen MR) is 62.1 cm³/mol. The quantitative estimate of drug-likeness (QED) is 0.795. The van der Waals surface area contributed by atoms with Crippen molar-refractivity contribution in [1.82, 2.24) is 9.78 Å². The maximum Gasteiger partial charge on any atom is 0.274 e. The molecule has 4 heteroatoms. The van der Waals surface area contributed by atoms with Crippen molar-refractivity contribution in [3.05, 3.63) is 45.9 Å². The number of hydrogen-bond donors (Lipinski definition) is 2. The normalized spacial score (nSPS) is 10.7. The van der Waals surface area contributed by atoms with E-state index in [0.29, 0.717) is 5.56 Å². The second kappa shape index (κ2) is 3.98. The number of aryl methyl sites for hydroxylation is 2. The first-order chi connectivity index (χ1) is 7.63. The van der Waals surface area contributed by atoms with Crippen LogP contribution in [0.5, 0.6) is 0 Å². The van der Waals surface area contributed by atoms with E-state index in [-0.39, 0.29) is 12.2 Å². The van der Waals surface area contributed by atoms with E-state index in [1.54, 1.807) is 7.05 Å². The highest BCUT2D eigenvalue weighted by atomic mass is 16.3. The summed E-state index contributed by atoms with van der Waals surface area (Å²) in [4.78, 5) is 11.9. The number of aromatic amines is 1. The average molecular weight is 218 g/mol. The average Bonchev–Trinajstić information content (AvgIpc) is 2.53. The van der Waals surface area contributed by atoms with Crippen LogP contribution in [0.1, 0.15) is 11.3 Å². The Hall–Kier alpha value is -1.81. The minimum absolute atomic E-state index is 0.0162. The Labute approximate surface area is 93.1 Å². The first-order valence-electron chi connectivity index (χ1n) is 5.09. The number of aromatic nitrogens is 2. The Morgan fingerprint density at radius 2 is 2.19 bits per heavy atom. The van der Waals surface area contributed by atoms with Gasteiger partial charge in [-0.2, -0.15) is 0 Å². The Kier molecular flexibility index (Phi) is 2.66. The van der Waals surface area contributed by atoms with Gasteiger partial charge in [-0.25, -0.2) is 0 Å². The lowest BCUT2D eigenvalue weighted by molar-refractivity contribution is 0.282. The molecule has 2 aromatic rings. The molecule has 0 aliphatic rings. The molecule has 1 aromatic carbocycles. The van der Waals surface area contributed by atoms with E-state index in [0.717, 1.165) is 16.8 Å². The number of hydrogen-bond acceptors (Lipinski definition) is 2. The molecule has 16 heavy (non-hydrogen) atoms. The van der Waals surface area contributed by atoms with Crippen LogP contribution in [0.4, 0.5) is 0 Å². The molecule has 1 heterocycles. The van der Waals surface area contributed by atoms with E-state index >= 15 is 0 Å². The van der Waals surface area contributed by atoms with Crippen molar-refractivity contribution in [1.29, 1.82) is 0 Å². The molecule has 2 rings (SSSR count). The molecule has 0 saturated heterocycles. The number of nitrogens with one attached hydrogen (secondary N) is 1. The van der Waals surface area contributed by atoms with Gasteiger partial charge in [-0.15, -0.1) is 0 Å². The Morgan fingerprint density at radius 1 is 1.44 bits per heavy atom.